The van der Waals surface area contributed by atoms with Crippen LogP contribution in [0.4, 0.5) is 13.2 Å². The van der Waals surface area contributed by atoms with E-state index in [0.29, 0.717) is 5.69 Å². The van der Waals surface area contributed by atoms with Crippen LogP contribution in [0.2, 0.25) is 0 Å². The number of halogens is 4. The minimum Gasteiger partial charge on any atom is -0.254 e. The SMILES string of the molecule is FC(F)(F)c1ccn(-c2cnc(CCl)cn2)n1. The van der Waals surface area contributed by atoms with Crippen LogP contribution in [-0.2, 0) is 12.1 Å². The Kier molecular flexibility index (Phi) is 3.01. The molecule has 0 atom stereocenters. The van der Waals surface area contributed by atoms with E-state index in [9.17, 15) is 13.2 Å². The summed E-state index contributed by atoms with van der Waals surface area (Å²) in [5.41, 5.74) is -0.431. The Bertz CT molecular complexity index is 506. The molecule has 17 heavy (non-hydrogen) atoms. The molecule has 2 rings (SSSR count). The van der Waals surface area contributed by atoms with Crippen molar-refractivity contribution in [2.45, 2.75) is 12.1 Å². The van der Waals surface area contributed by atoms with Gasteiger partial charge >= 0.3 is 6.18 Å². The fourth-order valence-electron chi connectivity index (χ4n) is 1.14. The predicted molar refractivity (Wildman–Crippen MR) is 53.7 cm³/mol. The zero-order valence-electron chi connectivity index (χ0n) is 8.32. The van der Waals surface area contributed by atoms with Gasteiger partial charge in [-0.25, -0.2) is 9.67 Å². The van der Waals surface area contributed by atoms with Gasteiger partial charge in [-0.05, 0) is 6.07 Å². The van der Waals surface area contributed by atoms with Gasteiger partial charge in [0.1, 0.15) is 0 Å². The van der Waals surface area contributed by atoms with Crippen molar-refractivity contribution in [2.75, 3.05) is 0 Å². The van der Waals surface area contributed by atoms with Crippen molar-refractivity contribution >= 4 is 11.6 Å². The van der Waals surface area contributed by atoms with Gasteiger partial charge in [-0.1, -0.05) is 0 Å². The molecule has 0 unspecified atom stereocenters. The topological polar surface area (TPSA) is 43.6 Å². The fraction of sp³-hybridized carbons (Fsp3) is 0.222. The molecule has 0 aromatic carbocycles. The zero-order valence-corrected chi connectivity index (χ0v) is 9.07. The third-order valence-electron chi connectivity index (χ3n) is 1.94. The summed E-state index contributed by atoms with van der Waals surface area (Å²) in [7, 11) is 0. The molecular formula is C9H6ClF3N4. The molecule has 0 bridgehead atoms. The van der Waals surface area contributed by atoms with E-state index in [1.54, 1.807) is 0 Å². The summed E-state index contributed by atoms with van der Waals surface area (Å²) in [5, 5.41) is 3.36. The Balaban J connectivity index is 2.30. The molecule has 2 heterocycles. The zero-order chi connectivity index (χ0) is 12.5. The third kappa shape index (κ3) is 2.55. The smallest absolute Gasteiger partial charge is 0.254 e. The van der Waals surface area contributed by atoms with Crippen LogP contribution in [0, 0.1) is 0 Å². The monoisotopic (exact) mass is 262 g/mol. The Morgan fingerprint density at radius 3 is 2.47 bits per heavy atom. The van der Waals surface area contributed by atoms with Gasteiger partial charge in [0.25, 0.3) is 0 Å². The Morgan fingerprint density at radius 1 is 1.24 bits per heavy atom. The van der Waals surface area contributed by atoms with E-state index < -0.39 is 11.9 Å². The summed E-state index contributed by atoms with van der Waals surface area (Å²) >= 11 is 5.52. The molecule has 0 fully saturated rings. The first-order valence-corrected chi connectivity index (χ1v) is 5.04. The van der Waals surface area contributed by atoms with Gasteiger partial charge in [0.2, 0.25) is 0 Å². The van der Waals surface area contributed by atoms with E-state index >= 15 is 0 Å². The first-order chi connectivity index (χ1) is 8.00. The van der Waals surface area contributed by atoms with E-state index in [-0.39, 0.29) is 11.7 Å². The Hall–Kier alpha value is -1.63. The Labute approximate surface area is 99.1 Å². The van der Waals surface area contributed by atoms with Crippen LogP contribution in [-0.4, -0.2) is 19.7 Å². The first-order valence-electron chi connectivity index (χ1n) is 4.51. The number of aromatic nitrogens is 4. The Morgan fingerprint density at radius 2 is 2.00 bits per heavy atom. The molecule has 0 N–H and O–H groups in total. The number of alkyl halides is 4. The molecule has 2 aromatic heterocycles. The van der Waals surface area contributed by atoms with Crippen LogP contribution in [0.15, 0.2) is 24.7 Å². The van der Waals surface area contributed by atoms with Gasteiger partial charge in [0, 0.05) is 6.20 Å². The lowest BCUT2D eigenvalue weighted by Gasteiger charge is -2.02. The van der Waals surface area contributed by atoms with E-state index in [0.717, 1.165) is 10.7 Å². The van der Waals surface area contributed by atoms with Crippen LogP contribution in [0.25, 0.3) is 5.82 Å². The lowest BCUT2D eigenvalue weighted by Crippen LogP contribution is -2.08. The first kappa shape index (κ1) is 11.8. The highest BCUT2D eigenvalue weighted by Gasteiger charge is 2.33. The third-order valence-corrected chi connectivity index (χ3v) is 2.22. The average molecular weight is 263 g/mol. The van der Waals surface area contributed by atoms with E-state index in [1.165, 1.54) is 18.6 Å². The van der Waals surface area contributed by atoms with Gasteiger partial charge in [-0.15, -0.1) is 11.6 Å². The lowest BCUT2D eigenvalue weighted by molar-refractivity contribution is -0.141. The van der Waals surface area contributed by atoms with Gasteiger partial charge in [0.05, 0.1) is 24.0 Å². The molecule has 0 spiro atoms. The standard InChI is InChI=1S/C9H6ClF3N4/c10-3-6-4-15-8(5-14-6)17-2-1-7(16-17)9(11,12)13/h1-2,4-5H,3H2. The minimum absolute atomic E-state index is 0.195. The second-order valence-electron chi connectivity index (χ2n) is 3.14. The molecule has 0 saturated carbocycles. The van der Waals surface area contributed by atoms with Crippen LogP contribution in [0.1, 0.15) is 11.4 Å². The summed E-state index contributed by atoms with van der Waals surface area (Å²) in [5.74, 6) is 0.398. The second-order valence-corrected chi connectivity index (χ2v) is 3.41. The molecule has 0 radical (unpaired) electrons. The molecule has 0 amide bonds. The molecule has 2 aromatic rings. The maximum Gasteiger partial charge on any atom is 0.435 e. The number of rotatable bonds is 2. The van der Waals surface area contributed by atoms with Crippen molar-refractivity contribution in [1.29, 1.82) is 0 Å². The molecule has 0 aliphatic heterocycles. The maximum absolute atomic E-state index is 12.3. The summed E-state index contributed by atoms with van der Waals surface area (Å²) in [6.45, 7) is 0. The second kappa shape index (κ2) is 4.33. The highest BCUT2D eigenvalue weighted by atomic mass is 35.5. The lowest BCUT2D eigenvalue weighted by atomic mass is 10.4. The van der Waals surface area contributed by atoms with Crippen LogP contribution >= 0.6 is 11.6 Å². The molecule has 0 aliphatic carbocycles. The molecule has 8 heteroatoms. The van der Waals surface area contributed by atoms with Crippen LogP contribution in [0.3, 0.4) is 0 Å². The molecule has 4 nitrogen and oxygen atoms in total. The van der Waals surface area contributed by atoms with Crippen molar-refractivity contribution in [3.8, 4) is 5.82 Å². The van der Waals surface area contributed by atoms with Gasteiger partial charge < -0.3 is 0 Å². The largest absolute Gasteiger partial charge is 0.435 e. The molecular weight excluding hydrogens is 257 g/mol. The van der Waals surface area contributed by atoms with E-state index in [4.69, 9.17) is 11.6 Å². The highest BCUT2D eigenvalue weighted by Crippen LogP contribution is 2.27. The van der Waals surface area contributed by atoms with Crippen molar-refractivity contribution in [1.82, 2.24) is 19.7 Å². The van der Waals surface area contributed by atoms with E-state index in [2.05, 4.69) is 15.1 Å². The van der Waals surface area contributed by atoms with Crippen molar-refractivity contribution in [2.24, 2.45) is 0 Å². The summed E-state index contributed by atoms with van der Waals surface area (Å²) in [4.78, 5) is 7.81. The van der Waals surface area contributed by atoms with Crippen LogP contribution in [0.5, 0.6) is 0 Å². The molecule has 0 aliphatic rings. The highest BCUT2D eigenvalue weighted by molar-refractivity contribution is 6.16. The van der Waals surface area contributed by atoms with Crippen LogP contribution < -0.4 is 0 Å². The van der Waals surface area contributed by atoms with Crippen molar-refractivity contribution in [3.05, 3.63) is 36.0 Å². The predicted octanol–water partition coefficient (Wildman–Crippen LogP) is 2.42. The van der Waals surface area contributed by atoms with Gasteiger partial charge in [-0.2, -0.15) is 18.3 Å². The number of hydrogen-bond donors (Lipinski definition) is 0. The van der Waals surface area contributed by atoms with Crippen molar-refractivity contribution in [3.63, 3.8) is 0 Å². The normalized spacial score (nSPS) is 11.8. The molecule has 90 valence electrons. The van der Waals surface area contributed by atoms with E-state index in [1.807, 2.05) is 0 Å². The summed E-state index contributed by atoms with van der Waals surface area (Å²) in [6.07, 6.45) is -0.593. The number of hydrogen-bond acceptors (Lipinski definition) is 3. The quantitative estimate of drug-likeness (QED) is 0.781. The summed E-state index contributed by atoms with van der Waals surface area (Å²) in [6, 6.07) is 0.872. The van der Waals surface area contributed by atoms with Crippen molar-refractivity contribution < 1.29 is 13.2 Å². The average Bonchev–Trinajstić information content (AvgIpc) is 2.78. The number of nitrogens with zero attached hydrogens (tertiary/aromatic N) is 4. The summed E-state index contributed by atoms with van der Waals surface area (Å²) < 4.78 is 37.9. The minimum atomic E-state index is -4.46. The molecule has 0 saturated heterocycles. The van der Waals surface area contributed by atoms with Gasteiger partial charge in [0.15, 0.2) is 11.5 Å². The maximum atomic E-state index is 12.3. The van der Waals surface area contributed by atoms with Gasteiger partial charge in [-0.3, -0.25) is 4.98 Å². The fourth-order valence-corrected chi connectivity index (χ4v) is 1.28.